The van der Waals surface area contributed by atoms with E-state index in [2.05, 4.69) is 14.1 Å². The summed E-state index contributed by atoms with van der Waals surface area (Å²) < 4.78 is 30.3. The van der Waals surface area contributed by atoms with E-state index >= 15 is 0 Å². The minimum absolute atomic E-state index is 0.106. The van der Waals surface area contributed by atoms with Gasteiger partial charge in [0.2, 0.25) is 18.1 Å². The summed E-state index contributed by atoms with van der Waals surface area (Å²) in [4.78, 5) is 19.6. The van der Waals surface area contributed by atoms with Crippen LogP contribution in [0.4, 0.5) is 11.5 Å². The quantitative estimate of drug-likeness (QED) is 0.273. The molecule has 0 bridgehead atoms. The number of hydrogen-bond donors (Lipinski definition) is 4. The maximum atomic E-state index is 13.1. The van der Waals surface area contributed by atoms with E-state index in [0.717, 1.165) is 12.0 Å². The summed E-state index contributed by atoms with van der Waals surface area (Å²) in [6.45, 7) is 6.68. The number of aliphatic hydroxyl groups is 1. The van der Waals surface area contributed by atoms with Crippen LogP contribution in [0.5, 0.6) is 17.2 Å². The molecule has 0 aliphatic carbocycles. The molecular weight excluding hydrogens is 510 g/mol. The number of likely N-dealkylation sites (tertiary alicyclic amines) is 1. The van der Waals surface area contributed by atoms with E-state index in [1.807, 2.05) is 39.0 Å². The number of aromatic nitrogens is 2. The van der Waals surface area contributed by atoms with Crippen molar-refractivity contribution < 1.29 is 29.0 Å². The van der Waals surface area contributed by atoms with Crippen LogP contribution in [0.1, 0.15) is 55.6 Å². The molecule has 11 nitrogen and oxygen atoms in total. The lowest BCUT2D eigenvalue weighted by Crippen LogP contribution is -2.37. The van der Waals surface area contributed by atoms with E-state index < -0.39 is 11.1 Å². The van der Waals surface area contributed by atoms with Gasteiger partial charge >= 0.3 is 0 Å². The predicted octanol–water partition coefficient (Wildman–Crippen LogP) is 3.60. The number of benzene rings is 2. The topological polar surface area (TPSA) is 155 Å². The van der Waals surface area contributed by atoms with Crippen LogP contribution in [0.25, 0.3) is 0 Å². The number of aliphatic hydroxyl groups excluding tert-OH is 1. The van der Waals surface area contributed by atoms with Crippen molar-refractivity contribution >= 4 is 28.6 Å². The molecule has 0 spiro atoms. The van der Waals surface area contributed by atoms with E-state index in [1.54, 1.807) is 17.0 Å². The number of anilines is 2. The Balaban J connectivity index is 1.49. The number of carbonyl (C=O) groups is 1. The Bertz CT molecular complexity index is 1410. The second-order valence-electron chi connectivity index (χ2n) is 10.5. The number of aromatic hydroxyl groups is 1. The van der Waals surface area contributed by atoms with Gasteiger partial charge in [-0.1, -0.05) is 32.9 Å². The standard InChI is InChI=1S/C26H31N5O6S/c1-26(2,3)22(15-9-10-19-20(12-15)37-14-36-19)28-24-23(29-38(35)30-24)27-18-8-4-7-17(21(18)33)25(34)31-11-5-6-16(31)13-32/h4,7-10,12,16,22,32-33H,5-6,11,13-14H2,1-3H3,(H,27,29)(H,28,30)/t16-,22?,38?/m0/s1. The molecule has 202 valence electrons. The Labute approximate surface area is 222 Å². The number of fused-ring (bicyclic) bond motifs is 1. The summed E-state index contributed by atoms with van der Waals surface area (Å²) in [5.41, 5.74) is 1.14. The van der Waals surface area contributed by atoms with Crippen LogP contribution in [0.2, 0.25) is 0 Å². The van der Waals surface area contributed by atoms with Gasteiger partial charge < -0.3 is 34.5 Å². The molecule has 2 aliphatic heterocycles. The van der Waals surface area contributed by atoms with Crippen molar-refractivity contribution in [2.24, 2.45) is 10.4 Å². The van der Waals surface area contributed by atoms with Crippen molar-refractivity contribution in [2.75, 3.05) is 25.3 Å². The number of rotatable bonds is 6. The highest BCUT2D eigenvalue weighted by Crippen LogP contribution is 2.41. The largest absolute Gasteiger partial charge is 0.548 e. The average Bonchev–Trinajstić information content (AvgIpc) is 3.61. The fraction of sp³-hybridized carbons (Fsp3) is 0.423. The van der Waals surface area contributed by atoms with Gasteiger partial charge in [-0.25, -0.2) is 0 Å². The van der Waals surface area contributed by atoms with Crippen LogP contribution < -0.4 is 20.3 Å². The summed E-state index contributed by atoms with van der Waals surface area (Å²) in [6, 6.07) is 9.78. The van der Waals surface area contributed by atoms with Gasteiger partial charge in [0, 0.05) is 10.9 Å². The van der Waals surface area contributed by atoms with Crippen molar-refractivity contribution in [2.45, 2.75) is 45.7 Å². The lowest BCUT2D eigenvalue weighted by Gasteiger charge is -2.27. The molecule has 38 heavy (non-hydrogen) atoms. The molecule has 1 fully saturated rings. The number of aromatic amines is 1. The first-order valence-electron chi connectivity index (χ1n) is 12.4. The van der Waals surface area contributed by atoms with Crippen LogP contribution in [0, 0.1) is 5.41 Å². The van der Waals surface area contributed by atoms with Gasteiger partial charge in [-0.3, -0.25) is 9.79 Å². The summed E-state index contributed by atoms with van der Waals surface area (Å²) in [7, 11) is 0. The van der Waals surface area contributed by atoms with E-state index in [0.29, 0.717) is 24.5 Å². The predicted molar refractivity (Wildman–Crippen MR) is 140 cm³/mol. The number of carbonyl (C=O) groups excluding carboxylic acids is 1. The fourth-order valence-corrected chi connectivity index (χ4v) is 5.48. The monoisotopic (exact) mass is 541 g/mol. The SMILES string of the molecule is CC(C)(C)C(N=c1[nH][s+]([O-])nc1Nc1cccc(C(=O)N2CCC[C@H]2CO)c1O)c1ccc2c(c1)OCO2. The zero-order chi connectivity index (χ0) is 27.0. The van der Waals surface area contributed by atoms with Gasteiger partial charge in [0.05, 0.1) is 29.9 Å². The minimum Gasteiger partial charge on any atom is -0.548 e. The normalized spacial score (nSPS) is 18.7. The Kier molecular flexibility index (Phi) is 7.03. The molecule has 0 saturated carbocycles. The number of phenols is 1. The van der Waals surface area contributed by atoms with Gasteiger partial charge in [0.1, 0.15) is 0 Å². The van der Waals surface area contributed by atoms with E-state index in [4.69, 9.17) is 14.5 Å². The highest BCUT2D eigenvalue weighted by Gasteiger charge is 2.31. The lowest BCUT2D eigenvalue weighted by molar-refractivity contribution is 0.0674. The number of hydrogen-bond acceptors (Lipinski definition) is 9. The Hall–Kier alpha value is -3.61. The van der Waals surface area contributed by atoms with Gasteiger partial charge in [0.25, 0.3) is 5.91 Å². The molecular formula is C26H31N5O6S. The zero-order valence-corrected chi connectivity index (χ0v) is 22.2. The number of ether oxygens (including phenoxy) is 2. The molecule has 0 radical (unpaired) electrons. The highest BCUT2D eigenvalue weighted by molar-refractivity contribution is 7.13. The molecule has 4 N–H and O–H groups in total. The smallest absolute Gasteiger partial charge is 0.258 e. The number of H-pyrrole nitrogens is 1. The molecule has 2 unspecified atom stereocenters. The first-order valence-corrected chi connectivity index (χ1v) is 13.5. The average molecular weight is 542 g/mol. The third-order valence-corrected chi connectivity index (χ3v) is 7.46. The van der Waals surface area contributed by atoms with Crippen LogP contribution in [0.3, 0.4) is 0 Å². The minimum atomic E-state index is -1.77. The Morgan fingerprint density at radius 1 is 1.32 bits per heavy atom. The number of nitrogens with one attached hydrogen (secondary N) is 2. The summed E-state index contributed by atoms with van der Waals surface area (Å²) >= 11 is -1.77. The second-order valence-corrected chi connectivity index (χ2v) is 11.3. The number of phenolic OH excluding ortho intramolecular Hbond substituents is 1. The summed E-state index contributed by atoms with van der Waals surface area (Å²) in [5.74, 6) is 0.862. The molecule has 3 heterocycles. The number of amides is 1. The third-order valence-electron chi connectivity index (χ3n) is 6.74. The van der Waals surface area contributed by atoms with E-state index in [-0.39, 0.29) is 65.1 Å². The van der Waals surface area contributed by atoms with Gasteiger partial charge in [-0.2, -0.15) is 0 Å². The van der Waals surface area contributed by atoms with Crippen LogP contribution >= 0.6 is 11.1 Å². The van der Waals surface area contributed by atoms with Crippen LogP contribution in [-0.2, 0) is 0 Å². The van der Waals surface area contributed by atoms with Gasteiger partial charge in [-0.05, 0) is 48.1 Å². The maximum absolute atomic E-state index is 13.1. The van der Waals surface area contributed by atoms with E-state index in [1.165, 1.54) is 6.07 Å². The van der Waals surface area contributed by atoms with Gasteiger partial charge in [0.15, 0.2) is 28.4 Å². The fourth-order valence-electron chi connectivity index (χ4n) is 4.82. The molecule has 1 amide bonds. The second kappa shape index (κ2) is 10.3. The lowest BCUT2D eigenvalue weighted by atomic mass is 9.82. The summed E-state index contributed by atoms with van der Waals surface area (Å²) in [5, 5.41) is 23.6. The Morgan fingerprint density at radius 3 is 2.87 bits per heavy atom. The van der Waals surface area contributed by atoms with Crippen molar-refractivity contribution in [3.63, 3.8) is 0 Å². The van der Waals surface area contributed by atoms with Crippen molar-refractivity contribution in [3.05, 3.63) is 53.0 Å². The van der Waals surface area contributed by atoms with Crippen molar-refractivity contribution in [1.82, 2.24) is 13.6 Å². The molecule has 2 aliphatic rings. The summed E-state index contributed by atoms with van der Waals surface area (Å²) in [6.07, 6.45) is 1.51. The van der Waals surface area contributed by atoms with Crippen molar-refractivity contribution in [3.8, 4) is 17.2 Å². The molecule has 5 rings (SSSR count). The number of nitrogens with zero attached hydrogens (tertiary/aromatic N) is 3. The molecule has 1 saturated heterocycles. The highest BCUT2D eigenvalue weighted by atomic mass is 32.2. The van der Waals surface area contributed by atoms with Crippen LogP contribution in [0.15, 0.2) is 41.4 Å². The molecule has 2 aromatic carbocycles. The molecule has 12 heteroatoms. The maximum Gasteiger partial charge on any atom is 0.258 e. The number of para-hydroxylation sites is 1. The molecule has 1 aromatic heterocycles. The molecule has 3 aromatic rings. The van der Waals surface area contributed by atoms with E-state index in [9.17, 15) is 19.6 Å². The van der Waals surface area contributed by atoms with Crippen LogP contribution in [-0.4, -0.2) is 60.3 Å². The first kappa shape index (κ1) is 26.0. The first-order chi connectivity index (χ1) is 18.2. The zero-order valence-electron chi connectivity index (χ0n) is 21.4. The van der Waals surface area contributed by atoms with Gasteiger partial charge in [-0.15, -0.1) is 4.37 Å². The Morgan fingerprint density at radius 2 is 2.11 bits per heavy atom. The molecule has 3 atom stereocenters. The third kappa shape index (κ3) is 5.06. The van der Waals surface area contributed by atoms with Crippen molar-refractivity contribution in [1.29, 1.82) is 0 Å².